The zero-order chi connectivity index (χ0) is 15.1. The summed E-state index contributed by atoms with van der Waals surface area (Å²) in [4.78, 5) is 24.0. The number of hydrogen-bond acceptors (Lipinski definition) is 4. The Morgan fingerprint density at radius 3 is 2.35 bits per heavy atom. The van der Waals surface area contributed by atoms with Crippen LogP contribution in [-0.4, -0.2) is 27.2 Å². The van der Waals surface area contributed by atoms with Gasteiger partial charge in [0.15, 0.2) is 11.4 Å². The van der Waals surface area contributed by atoms with Crippen molar-refractivity contribution in [3.05, 3.63) is 30.0 Å². The molecule has 1 heterocycles. The molecule has 0 radical (unpaired) electrons. The highest BCUT2D eigenvalue weighted by Crippen LogP contribution is 2.33. The van der Waals surface area contributed by atoms with Crippen LogP contribution < -0.4 is 0 Å². The van der Waals surface area contributed by atoms with Gasteiger partial charge < -0.3 is 9.84 Å². The number of aromatic hydroxyl groups is 1. The summed E-state index contributed by atoms with van der Waals surface area (Å²) in [5, 5.41) is 10.7. The molecule has 1 N–H and O–H groups in total. The number of benzene rings is 1. The van der Waals surface area contributed by atoms with Crippen LogP contribution in [0.25, 0.3) is 10.9 Å². The molecule has 0 amide bonds. The lowest BCUT2D eigenvalue weighted by Gasteiger charge is -2.19. The average Bonchev–Trinajstić information content (AvgIpc) is 2.61. The van der Waals surface area contributed by atoms with E-state index in [0.717, 1.165) is 0 Å². The Morgan fingerprint density at radius 1 is 1.20 bits per heavy atom. The topological polar surface area (TPSA) is 68.5 Å². The molecule has 0 bridgehead atoms. The predicted molar refractivity (Wildman–Crippen MR) is 75.1 cm³/mol. The second-order valence-electron chi connectivity index (χ2n) is 5.57. The molecule has 0 aliphatic carbocycles. The van der Waals surface area contributed by atoms with E-state index in [2.05, 4.69) is 0 Å². The van der Waals surface area contributed by atoms with Gasteiger partial charge >= 0.3 is 5.97 Å². The van der Waals surface area contributed by atoms with Crippen molar-refractivity contribution >= 4 is 22.8 Å². The standard InChI is InChI=1S/C15H17NO4/c1-9(17)16-11-8-6-5-7-10(11)13(18)12(16)14(19)20-15(2,3)4/h5-8,18H,1-4H3. The minimum atomic E-state index is -0.721. The molecule has 5 heteroatoms. The first-order valence-corrected chi connectivity index (χ1v) is 6.29. The van der Waals surface area contributed by atoms with Gasteiger partial charge in [0, 0.05) is 12.3 Å². The second-order valence-corrected chi connectivity index (χ2v) is 5.57. The molecule has 0 unspecified atom stereocenters. The van der Waals surface area contributed by atoms with E-state index >= 15 is 0 Å². The Morgan fingerprint density at radius 2 is 1.80 bits per heavy atom. The van der Waals surface area contributed by atoms with Gasteiger partial charge in [0.05, 0.1) is 5.52 Å². The van der Waals surface area contributed by atoms with Gasteiger partial charge in [-0.2, -0.15) is 0 Å². The van der Waals surface area contributed by atoms with Crippen LogP contribution in [0.2, 0.25) is 0 Å². The van der Waals surface area contributed by atoms with Gasteiger partial charge in [-0.3, -0.25) is 9.36 Å². The van der Waals surface area contributed by atoms with E-state index in [4.69, 9.17) is 4.74 Å². The van der Waals surface area contributed by atoms with Crippen molar-refractivity contribution in [1.82, 2.24) is 4.57 Å². The molecular weight excluding hydrogens is 258 g/mol. The van der Waals surface area contributed by atoms with Gasteiger partial charge in [0.25, 0.3) is 0 Å². The molecule has 0 aliphatic rings. The smallest absolute Gasteiger partial charge is 0.359 e. The van der Waals surface area contributed by atoms with Gasteiger partial charge in [-0.05, 0) is 32.9 Å². The zero-order valence-electron chi connectivity index (χ0n) is 11.9. The van der Waals surface area contributed by atoms with Crippen LogP contribution in [0.1, 0.15) is 43.0 Å². The molecule has 1 aromatic carbocycles. The molecule has 2 aromatic rings. The number of carbonyl (C=O) groups excluding carboxylic acids is 2. The lowest BCUT2D eigenvalue weighted by atomic mass is 10.2. The third-order valence-electron chi connectivity index (χ3n) is 2.76. The molecule has 1 aromatic heterocycles. The minimum Gasteiger partial charge on any atom is -0.505 e. The summed E-state index contributed by atoms with van der Waals surface area (Å²) in [6.45, 7) is 6.51. The molecule has 0 spiro atoms. The molecule has 20 heavy (non-hydrogen) atoms. The summed E-state index contributed by atoms with van der Waals surface area (Å²) in [5.41, 5.74) is -0.353. The molecule has 0 saturated carbocycles. The number of nitrogens with zero attached hydrogens (tertiary/aromatic N) is 1. The van der Waals surface area contributed by atoms with Gasteiger partial charge in [-0.15, -0.1) is 0 Å². The van der Waals surface area contributed by atoms with Crippen molar-refractivity contribution in [1.29, 1.82) is 0 Å². The van der Waals surface area contributed by atoms with Gasteiger partial charge in [0.2, 0.25) is 5.91 Å². The van der Waals surface area contributed by atoms with E-state index < -0.39 is 11.6 Å². The number of hydrogen-bond donors (Lipinski definition) is 1. The van der Waals surface area contributed by atoms with Crippen LogP contribution in [0, 0.1) is 0 Å². The van der Waals surface area contributed by atoms with Crippen molar-refractivity contribution in [3.63, 3.8) is 0 Å². The highest BCUT2D eigenvalue weighted by molar-refractivity contribution is 6.07. The fourth-order valence-corrected chi connectivity index (χ4v) is 2.06. The van der Waals surface area contributed by atoms with E-state index in [1.54, 1.807) is 45.0 Å². The summed E-state index contributed by atoms with van der Waals surface area (Å²) in [6.07, 6.45) is 0. The van der Waals surface area contributed by atoms with E-state index in [1.807, 2.05) is 0 Å². The first kappa shape index (κ1) is 14.1. The number of ether oxygens (including phenoxy) is 1. The number of rotatable bonds is 1. The second kappa shape index (κ2) is 4.67. The maximum atomic E-state index is 12.2. The monoisotopic (exact) mass is 275 g/mol. The average molecular weight is 275 g/mol. The quantitative estimate of drug-likeness (QED) is 0.812. The highest BCUT2D eigenvalue weighted by Gasteiger charge is 2.28. The summed E-state index contributed by atoms with van der Waals surface area (Å²) in [7, 11) is 0. The largest absolute Gasteiger partial charge is 0.505 e. The number of aromatic nitrogens is 1. The van der Waals surface area contributed by atoms with Crippen molar-refractivity contribution in [2.45, 2.75) is 33.3 Å². The number of carbonyl (C=O) groups is 2. The summed E-state index contributed by atoms with van der Waals surface area (Å²) in [6, 6.07) is 6.79. The molecule has 0 atom stereocenters. The Kier molecular flexibility index (Phi) is 3.29. The van der Waals surface area contributed by atoms with Crippen LogP contribution in [0.3, 0.4) is 0 Å². The normalized spacial score (nSPS) is 11.6. The molecule has 0 saturated heterocycles. The fourth-order valence-electron chi connectivity index (χ4n) is 2.06. The van der Waals surface area contributed by atoms with Crippen LogP contribution in [0.5, 0.6) is 5.75 Å². The molecule has 0 aliphatic heterocycles. The lowest BCUT2D eigenvalue weighted by molar-refractivity contribution is 0.00548. The summed E-state index contributed by atoms with van der Waals surface area (Å²) in [5.74, 6) is -1.31. The first-order valence-electron chi connectivity index (χ1n) is 6.29. The van der Waals surface area contributed by atoms with Crippen LogP contribution >= 0.6 is 0 Å². The van der Waals surface area contributed by atoms with E-state index in [1.165, 1.54) is 11.5 Å². The van der Waals surface area contributed by atoms with Crippen molar-refractivity contribution in [3.8, 4) is 5.75 Å². The van der Waals surface area contributed by atoms with Crippen molar-refractivity contribution in [2.24, 2.45) is 0 Å². The van der Waals surface area contributed by atoms with Crippen LogP contribution in [-0.2, 0) is 4.74 Å². The predicted octanol–water partition coefficient (Wildman–Crippen LogP) is 2.96. The molecular formula is C15H17NO4. The van der Waals surface area contributed by atoms with Crippen LogP contribution in [0.4, 0.5) is 0 Å². The molecule has 106 valence electrons. The van der Waals surface area contributed by atoms with E-state index in [0.29, 0.717) is 10.9 Å². The highest BCUT2D eigenvalue weighted by atomic mass is 16.6. The van der Waals surface area contributed by atoms with Gasteiger partial charge in [0.1, 0.15) is 5.60 Å². The van der Waals surface area contributed by atoms with Crippen molar-refractivity contribution < 1.29 is 19.4 Å². The van der Waals surface area contributed by atoms with Crippen LogP contribution in [0.15, 0.2) is 24.3 Å². The van der Waals surface area contributed by atoms with Gasteiger partial charge in [-0.25, -0.2) is 4.79 Å². The summed E-state index contributed by atoms with van der Waals surface area (Å²) < 4.78 is 6.43. The zero-order valence-corrected chi connectivity index (χ0v) is 11.9. The maximum Gasteiger partial charge on any atom is 0.359 e. The van der Waals surface area contributed by atoms with E-state index in [9.17, 15) is 14.7 Å². The minimum absolute atomic E-state index is 0.131. The van der Waals surface area contributed by atoms with E-state index in [-0.39, 0.29) is 17.4 Å². The SMILES string of the molecule is CC(=O)n1c(C(=O)OC(C)(C)C)c(O)c2ccccc21. The first-order chi connectivity index (χ1) is 9.22. The number of para-hydroxylation sites is 1. The number of esters is 1. The number of fused-ring (bicyclic) bond motifs is 1. The Balaban J connectivity index is 2.69. The third kappa shape index (κ3) is 2.39. The van der Waals surface area contributed by atoms with Crippen molar-refractivity contribution in [2.75, 3.05) is 0 Å². The molecule has 0 fully saturated rings. The Bertz CT molecular complexity index is 692. The summed E-state index contributed by atoms with van der Waals surface area (Å²) >= 11 is 0. The third-order valence-corrected chi connectivity index (χ3v) is 2.76. The van der Waals surface area contributed by atoms with Gasteiger partial charge in [-0.1, -0.05) is 12.1 Å². The Hall–Kier alpha value is -2.30. The Labute approximate surface area is 116 Å². The maximum absolute atomic E-state index is 12.2. The molecule has 5 nitrogen and oxygen atoms in total. The fraction of sp³-hybridized carbons (Fsp3) is 0.333. The lowest BCUT2D eigenvalue weighted by Crippen LogP contribution is -2.26. The molecule has 2 rings (SSSR count).